The SMILES string of the molecule is CCOC(=O)CCCNC(=O)COC(=O)c1cc(-c2ccc(Cl)s2)nc2ccccc12. The number of rotatable bonds is 9. The lowest BCUT2D eigenvalue weighted by molar-refractivity contribution is -0.143. The summed E-state index contributed by atoms with van der Waals surface area (Å²) in [5.41, 5.74) is 1.56. The van der Waals surface area contributed by atoms with Gasteiger partial charge in [-0.25, -0.2) is 9.78 Å². The van der Waals surface area contributed by atoms with Gasteiger partial charge in [-0.2, -0.15) is 0 Å². The summed E-state index contributed by atoms with van der Waals surface area (Å²) in [4.78, 5) is 41.4. The predicted molar refractivity (Wildman–Crippen MR) is 119 cm³/mol. The molecule has 0 atom stereocenters. The van der Waals surface area contributed by atoms with Gasteiger partial charge in [0.05, 0.1) is 32.6 Å². The van der Waals surface area contributed by atoms with Crippen LogP contribution in [0.5, 0.6) is 0 Å². The zero-order valence-electron chi connectivity index (χ0n) is 16.9. The molecule has 7 nitrogen and oxygen atoms in total. The molecular formula is C22H21ClN2O5S. The van der Waals surface area contributed by atoms with Crippen LogP contribution in [0.15, 0.2) is 42.5 Å². The summed E-state index contributed by atoms with van der Waals surface area (Å²) in [6, 6.07) is 12.5. The van der Waals surface area contributed by atoms with Gasteiger partial charge in [0.1, 0.15) is 0 Å². The summed E-state index contributed by atoms with van der Waals surface area (Å²) in [5.74, 6) is -1.37. The Morgan fingerprint density at radius 2 is 1.94 bits per heavy atom. The molecule has 0 spiro atoms. The van der Waals surface area contributed by atoms with Crippen LogP contribution in [0.25, 0.3) is 21.5 Å². The van der Waals surface area contributed by atoms with E-state index >= 15 is 0 Å². The lowest BCUT2D eigenvalue weighted by Crippen LogP contribution is -2.30. The topological polar surface area (TPSA) is 94.6 Å². The molecule has 1 aromatic carbocycles. The highest BCUT2D eigenvalue weighted by atomic mass is 35.5. The lowest BCUT2D eigenvalue weighted by Gasteiger charge is -2.10. The number of fused-ring (bicyclic) bond motifs is 1. The highest BCUT2D eigenvalue weighted by molar-refractivity contribution is 7.19. The predicted octanol–water partition coefficient (Wildman–Crippen LogP) is 4.23. The number of carbonyl (C=O) groups is 3. The highest BCUT2D eigenvalue weighted by Crippen LogP contribution is 2.32. The van der Waals surface area contributed by atoms with E-state index in [1.165, 1.54) is 11.3 Å². The van der Waals surface area contributed by atoms with E-state index in [0.29, 0.717) is 39.5 Å². The largest absolute Gasteiger partial charge is 0.466 e. The fourth-order valence-corrected chi connectivity index (χ4v) is 3.88. The Bertz CT molecular complexity index is 1100. The van der Waals surface area contributed by atoms with Crippen molar-refractivity contribution in [3.8, 4) is 10.6 Å². The number of hydrogen-bond donors (Lipinski definition) is 1. The number of thiophene rings is 1. The molecule has 0 radical (unpaired) electrons. The van der Waals surface area contributed by atoms with E-state index in [4.69, 9.17) is 21.1 Å². The van der Waals surface area contributed by atoms with Crippen molar-refractivity contribution < 1.29 is 23.9 Å². The number of amides is 1. The average molecular weight is 461 g/mol. The molecule has 3 rings (SSSR count). The van der Waals surface area contributed by atoms with Crippen LogP contribution in [-0.2, 0) is 19.1 Å². The molecule has 162 valence electrons. The first kappa shape index (κ1) is 22.7. The van der Waals surface area contributed by atoms with Gasteiger partial charge in [0.2, 0.25) is 0 Å². The van der Waals surface area contributed by atoms with Gasteiger partial charge in [-0.15, -0.1) is 11.3 Å². The van der Waals surface area contributed by atoms with E-state index in [9.17, 15) is 14.4 Å². The summed E-state index contributed by atoms with van der Waals surface area (Å²) in [5, 5.41) is 3.25. The first-order valence-electron chi connectivity index (χ1n) is 9.73. The van der Waals surface area contributed by atoms with Crippen molar-refractivity contribution in [2.24, 2.45) is 0 Å². The van der Waals surface area contributed by atoms with Gasteiger partial charge < -0.3 is 14.8 Å². The number of carbonyl (C=O) groups excluding carboxylic acids is 3. The van der Waals surface area contributed by atoms with Crippen molar-refractivity contribution in [3.63, 3.8) is 0 Å². The minimum atomic E-state index is -0.621. The minimum absolute atomic E-state index is 0.215. The molecule has 0 saturated heterocycles. The summed E-state index contributed by atoms with van der Waals surface area (Å²) in [7, 11) is 0. The summed E-state index contributed by atoms with van der Waals surface area (Å²) in [6.07, 6.45) is 0.659. The van der Waals surface area contributed by atoms with Crippen LogP contribution < -0.4 is 5.32 Å². The smallest absolute Gasteiger partial charge is 0.339 e. The van der Waals surface area contributed by atoms with Crippen molar-refractivity contribution in [1.29, 1.82) is 0 Å². The van der Waals surface area contributed by atoms with Gasteiger partial charge in [-0.3, -0.25) is 9.59 Å². The Kier molecular flexibility index (Phi) is 7.97. The molecule has 9 heteroatoms. The van der Waals surface area contributed by atoms with Gasteiger partial charge >= 0.3 is 11.9 Å². The van der Waals surface area contributed by atoms with Crippen molar-refractivity contribution in [3.05, 3.63) is 52.4 Å². The number of nitrogens with one attached hydrogen (secondary N) is 1. The molecule has 2 heterocycles. The number of pyridine rings is 1. The fraction of sp³-hybridized carbons (Fsp3) is 0.273. The van der Waals surface area contributed by atoms with E-state index < -0.39 is 18.5 Å². The maximum Gasteiger partial charge on any atom is 0.339 e. The van der Waals surface area contributed by atoms with Crippen molar-refractivity contribution >= 4 is 51.7 Å². The monoisotopic (exact) mass is 460 g/mol. The van der Waals surface area contributed by atoms with Crippen LogP contribution in [0.4, 0.5) is 0 Å². The number of esters is 2. The maximum atomic E-state index is 12.7. The Balaban J connectivity index is 1.64. The van der Waals surface area contributed by atoms with Gasteiger partial charge in [0.25, 0.3) is 5.91 Å². The molecule has 0 fully saturated rings. The lowest BCUT2D eigenvalue weighted by atomic mass is 10.1. The van der Waals surface area contributed by atoms with E-state index in [1.54, 1.807) is 37.3 Å². The van der Waals surface area contributed by atoms with Crippen LogP contribution in [0, 0.1) is 0 Å². The van der Waals surface area contributed by atoms with Crippen LogP contribution in [0.2, 0.25) is 4.34 Å². The Morgan fingerprint density at radius 1 is 1.13 bits per heavy atom. The molecule has 0 unspecified atom stereocenters. The Morgan fingerprint density at radius 3 is 2.68 bits per heavy atom. The zero-order chi connectivity index (χ0) is 22.2. The van der Waals surface area contributed by atoms with Crippen molar-refractivity contribution in [1.82, 2.24) is 10.3 Å². The average Bonchev–Trinajstić information content (AvgIpc) is 3.21. The van der Waals surface area contributed by atoms with Gasteiger partial charge in [0, 0.05) is 18.4 Å². The number of para-hydroxylation sites is 1. The number of benzene rings is 1. The van der Waals surface area contributed by atoms with E-state index in [2.05, 4.69) is 10.3 Å². The molecule has 2 aromatic heterocycles. The molecule has 0 bridgehead atoms. The molecule has 1 amide bonds. The minimum Gasteiger partial charge on any atom is -0.466 e. The Hall–Kier alpha value is -2.97. The molecule has 0 aliphatic rings. The van der Waals surface area contributed by atoms with Crippen molar-refractivity contribution in [2.75, 3.05) is 19.8 Å². The second kappa shape index (κ2) is 10.9. The second-order valence-corrected chi connectivity index (χ2v) is 8.23. The standard InChI is InChI=1S/C22H21ClN2O5S/c1-2-29-21(27)8-5-11-24-20(26)13-30-22(28)15-12-17(18-9-10-19(23)31-18)25-16-7-4-3-6-14(15)16/h3-4,6-7,9-10,12H,2,5,8,11,13H2,1H3,(H,24,26). The molecule has 0 saturated carbocycles. The Labute approximate surface area is 188 Å². The fourth-order valence-electron chi connectivity index (χ4n) is 2.88. The highest BCUT2D eigenvalue weighted by Gasteiger charge is 2.17. The zero-order valence-corrected chi connectivity index (χ0v) is 18.4. The van der Waals surface area contributed by atoms with Crippen LogP contribution in [0.1, 0.15) is 30.1 Å². The number of ether oxygens (including phenoxy) is 2. The third-order valence-corrected chi connectivity index (χ3v) is 5.53. The van der Waals surface area contributed by atoms with E-state index in [-0.39, 0.29) is 18.9 Å². The van der Waals surface area contributed by atoms with Crippen LogP contribution >= 0.6 is 22.9 Å². The van der Waals surface area contributed by atoms with Crippen molar-refractivity contribution in [2.45, 2.75) is 19.8 Å². The maximum absolute atomic E-state index is 12.7. The second-order valence-electron chi connectivity index (χ2n) is 6.51. The van der Waals surface area contributed by atoms with Gasteiger partial charge in [-0.1, -0.05) is 29.8 Å². The number of aromatic nitrogens is 1. The molecule has 1 N–H and O–H groups in total. The summed E-state index contributed by atoms with van der Waals surface area (Å²) < 4.78 is 10.7. The number of nitrogens with zero attached hydrogens (tertiary/aromatic N) is 1. The molecule has 3 aromatic rings. The van der Waals surface area contributed by atoms with E-state index in [1.807, 2.05) is 12.1 Å². The van der Waals surface area contributed by atoms with E-state index in [0.717, 1.165) is 4.88 Å². The third-order valence-electron chi connectivity index (χ3n) is 4.28. The van der Waals surface area contributed by atoms with Crippen LogP contribution in [0.3, 0.4) is 0 Å². The first-order chi connectivity index (χ1) is 15.0. The molecule has 0 aliphatic heterocycles. The third kappa shape index (κ3) is 6.26. The van der Waals surface area contributed by atoms with Gasteiger partial charge in [0.15, 0.2) is 6.61 Å². The summed E-state index contributed by atoms with van der Waals surface area (Å²) >= 11 is 7.39. The molecule has 0 aliphatic carbocycles. The number of halogens is 1. The quantitative estimate of drug-likeness (QED) is 0.379. The summed E-state index contributed by atoms with van der Waals surface area (Å²) in [6.45, 7) is 1.93. The van der Waals surface area contributed by atoms with Crippen LogP contribution in [-0.4, -0.2) is 42.6 Å². The molecular weight excluding hydrogens is 440 g/mol. The normalized spacial score (nSPS) is 10.6. The molecule has 31 heavy (non-hydrogen) atoms. The van der Waals surface area contributed by atoms with Gasteiger partial charge in [-0.05, 0) is 37.6 Å². The number of hydrogen-bond acceptors (Lipinski definition) is 7. The first-order valence-corrected chi connectivity index (χ1v) is 10.9.